The monoisotopic (exact) mass is 500 g/mol. The summed E-state index contributed by atoms with van der Waals surface area (Å²) in [4.78, 5) is 37.3. The Balaban J connectivity index is 1.71. The Morgan fingerprint density at radius 2 is 1.94 bits per heavy atom. The lowest BCUT2D eigenvalue weighted by atomic mass is 9.75. The van der Waals surface area contributed by atoms with Crippen molar-refractivity contribution in [2.45, 2.75) is 38.6 Å². The minimum atomic E-state index is -0.994. The largest absolute Gasteiger partial charge is 0.366 e. The number of amides is 2. The van der Waals surface area contributed by atoms with Crippen LogP contribution in [0.15, 0.2) is 42.7 Å². The Morgan fingerprint density at radius 3 is 2.50 bits per heavy atom. The quantitative estimate of drug-likeness (QED) is 0.540. The number of pyridine rings is 2. The van der Waals surface area contributed by atoms with Crippen LogP contribution in [0.25, 0.3) is 11.1 Å². The highest BCUT2D eigenvalue weighted by Crippen LogP contribution is 2.50. The van der Waals surface area contributed by atoms with Gasteiger partial charge in [-0.1, -0.05) is 6.07 Å². The molecule has 1 saturated heterocycles. The molecule has 2 aliphatic rings. The van der Waals surface area contributed by atoms with E-state index in [0.717, 1.165) is 12.1 Å². The van der Waals surface area contributed by atoms with E-state index < -0.39 is 17.3 Å². The van der Waals surface area contributed by atoms with Crippen LogP contribution in [0.3, 0.4) is 0 Å². The number of anilines is 2. The SMILES string of the molecule is Cc1ccc(-c2c(N3C(=S)N(c4cnc(C#N)c(C)c4)C(=O)C34CCC4)ccc(C(N)=O)c2F)cn1. The van der Waals surface area contributed by atoms with E-state index in [1.54, 1.807) is 36.1 Å². The van der Waals surface area contributed by atoms with Gasteiger partial charge in [-0.3, -0.25) is 19.5 Å². The number of benzene rings is 1. The average molecular weight is 501 g/mol. The summed E-state index contributed by atoms with van der Waals surface area (Å²) in [5, 5.41) is 9.41. The number of nitrogens with zero attached hydrogens (tertiary/aromatic N) is 5. The topological polar surface area (TPSA) is 116 Å². The second kappa shape index (κ2) is 8.46. The summed E-state index contributed by atoms with van der Waals surface area (Å²) in [5.41, 5.74) is 7.08. The number of nitrogens with two attached hydrogens (primary N) is 1. The van der Waals surface area contributed by atoms with Crippen LogP contribution in [0.2, 0.25) is 0 Å². The van der Waals surface area contributed by atoms with E-state index >= 15 is 4.39 Å². The zero-order chi connectivity index (χ0) is 25.8. The molecule has 1 aromatic carbocycles. The highest BCUT2D eigenvalue weighted by molar-refractivity contribution is 7.81. The second-order valence-corrected chi connectivity index (χ2v) is 9.35. The van der Waals surface area contributed by atoms with E-state index in [-0.39, 0.29) is 27.8 Å². The molecule has 0 radical (unpaired) electrons. The number of rotatable bonds is 4. The minimum Gasteiger partial charge on any atom is -0.366 e. The van der Waals surface area contributed by atoms with E-state index in [0.29, 0.717) is 35.3 Å². The van der Waals surface area contributed by atoms with Gasteiger partial charge in [0, 0.05) is 23.0 Å². The number of carbonyl (C=O) groups excluding carboxylic acids is 2. The van der Waals surface area contributed by atoms with Crippen molar-refractivity contribution in [1.29, 1.82) is 5.26 Å². The molecule has 2 aromatic heterocycles. The van der Waals surface area contributed by atoms with Gasteiger partial charge in [-0.2, -0.15) is 5.26 Å². The summed E-state index contributed by atoms with van der Waals surface area (Å²) in [6.45, 7) is 3.54. The first-order valence-electron chi connectivity index (χ1n) is 11.3. The van der Waals surface area contributed by atoms with E-state index in [1.807, 2.05) is 13.0 Å². The number of hydrogen-bond acceptors (Lipinski definition) is 6. The second-order valence-electron chi connectivity index (χ2n) is 8.99. The lowest BCUT2D eigenvalue weighted by molar-refractivity contribution is -0.123. The fourth-order valence-electron chi connectivity index (χ4n) is 4.82. The Labute approximate surface area is 212 Å². The Morgan fingerprint density at radius 1 is 1.19 bits per heavy atom. The summed E-state index contributed by atoms with van der Waals surface area (Å²) in [5.74, 6) is -1.94. The number of nitriles is 1. The molecule has 0 unspecified atom stereocenters. The Bertz CT molecular complexity index is 1490. The van der Waals surface area contributed by atoms with Gasteiger partial charge in [-0.05, 0) is 75.2 Å². The molecule has 180 valence electrons. The van der Waals surface area contributed by atoms with E-state index in [2.05, 4.69) is 9.97 Å². The number of primary amides is 1. The maximum absolute atomic E-state index is 15.8. The number of halogens is 1. The van der Waals surface area contributed by atoms with Crippen molar-refractivity contribution in [3.63, 3.8) is 0 Å². The maximum atomic E-state index is 15.8. The number of hydrogen-bond donors (Lipinski definition) is 1. The molecule has 0 atom stereocenters. The standard InChI is InChI=1S/C26H21FN6O2S/c1-14-10-17(13-31-19(14)11-28)32-24(35)26(8-3-9-26)33(25(32)36)20-7-6-18(23(29)34)22(27)21(20)16-5-4-15(2)30-12-16/h4-7,10,12-13H,3,8-9H2,1-2H3,(H2,29,34). The molecule has 1 saturated carbocycles. The molecule has 3 heterocycles. The van der Waals surface area contributed by atoms with Gasteiger partial charge in [0.2, 0.25) is 0 Å². The lowest BCUT2D eigenvalue weighted by Crippen LogP contribution is -2.55. The van der Waals surface area contributed by atoms with Crippen molar-refractivity contribution in [2.24, 2.45) is 5.73 Å². The predicted molar refractivity (Wildman–Crippen MR) is 136 cm³/mol. The fourth-order valence-corrected chi connectivity index (χ4v) is 5.28. The van der Waals surface area contributed by atoms with Crippen LogP contribution in [-0.2, 0) is 4.79 Å². The molecular weight excluding hydrogens is 479 g/mol. The van der Waals surface area contributed by atoms with Crippen LogP contribution >= 0.6 is 12.2 Å². The zero-order valence-corrected chi connectivity index (χ0v) is 20.4. The van der Waals surface area contributed by atoms with Crippen LogP contribution in [-0.4, -0.2) is 32.4 Å². The van der Waals surface area contributed by atoms with E-state index in [9.17, 15) is 14.9 Å². The molecule has 2 N–H and O–H groups in total. The molecule has 1 aliphatic carbocycles. The van der Waals surface area contributed by atoms with Crippen molar-refractivity contribution < 1.29 is 14.0 Å². The van der Waals surface area contributed by atoms with Gasteiger partial charge >= 0.3 is 0 Å². The first-order valence-corrected chi connectivity index (χ1v) is 11.7. The fraction of sp³-hybridized carbons (Fsp3) is 0.231. The summed E-state index contributed by atoms with van der Waals surface area (Å²) < 4.78 is 15.8. The number of aryl methyl sites for hydroxylation is 2. The van der Waals surface area contributed by atoms with Gasteiger partial charge in [0.15, 0.2) is 5.11 Å². The van der Waals surface area contributed by atoms with Gasteiger partial charge in [-0.15, -0.1) is 0 Å². The molecule has 3 aromatic rings. The third-order valence-electron chi connectivity index (χ3n) is 6.85. The van der Waals surface area contributed by atoms with Crippen molar-refractivity contribution in [1.82, 2.24) is 9.97 Å². The van der Waals surface area contributed by atoms with Gasteiger partial charge in [0.25, 0.3) is 11.8 Å². The van der Waals surface area contributed by atoms with Crippen molar-refractivity contribution >= 4 is 40.5 Å². The Kier molecular flexibility index (Phi) is 5.53. The van der Waals surface area contributed by atoms with Gasteiger partial charge in [0.05, 0.1) is 23.1 Å². The first-order chi connectivity index (χ1) is 17.2. The molecule has 2 amide bonds. The van der Waals surface area contributed by atoms with Crippen LogP contribution in [0.1, 0.15) is 46.6 Å². The molecule has 1 aliphatic heterocycles. The predicted octanol–water partition coefficient (Wildman–Crippen LogP) is 3.93. The molecule has 8 nitrogen and oxygen atoms in total. The Hall–Kier alpha value is -4.23. The molecule has 1 spiro atoms. The number of thiocarbonyl (C=S) groups is 1. The lowest BCUT2D eigenvalue weighted by Gasteiger charge is -2.43. The van der Waals surface area contributed by atoms with Crippen LogP contribution < -0.4 is 15.5 Å². The van der Waals surface area contributed by atoms with Crippen LogP contribution in [0, 0.1) is 31.0 Å². The highest BCUT2D eigenvalue weighted by Gasteiger charge is 2.60. The van der Waals surface area contributed by atoms with Gasteiger partial charge < -0.3 is 10.6 Å². The minimum absolute atomic E-state index is 0.0937. The van der Waals surface area contributed by atoms with Crippen LogP contribution in [0.5, 0.6) is 0 Å². The molecule has 36 heavy (non-hydrogen) atoms. The van der Waals surface area contributed by atoms with E-state index in [4.69, 9.17) is 18.0 Å². The summed E-state index contributed by atoms with van der Waals surface area (Å²) in [6.07, 6.45) is 4.80. The van der Waals surface area contributed by atoms with Gasteiger partial charge in [-0.25, -0.2) is 9.37 Å². The van der Waals surface area contributed by atoms with Crippen LogP contribution in [0.4, 0.5) is 15.8 Å². The summed E-state index contributed by atoms with van der Waals surface area (Å²) >= 11 is 5.82. The zero-order valence-electron chi connectivity index (χ0n) is 19.6. The molecule has 2 fully saturated rings. The number of aromatic nitrogens is 2. The molecule has 0 bridgehead atoms. The maximum Gasteiger partial charge on any atom is 0.259 e. The normalized spacial score (nSPS) is 16.3. The molecule has 10 heteroatoms. The summed E-state index contributed by atoms with van der Waals surface area (Å²) in [7, 11) is 0. The van der Waals surface area contributed by atoms with Gasteiger partial charge in [0.1, 0.15) is 23.1 Å². The first kappa shape index (κ1) is 23.5. The van der Waals surface area contributed by atoms with Crippen molar-refractivity contribution in [2.75, 3.05) is 9.80 Å². The average Bonchev–Trinajstić information content (AvgIpc) is 3.06. The van der Waals surface area contributed by atoms with Crippen molar-refractivity contribution in [3.05, 3.63) is 71.1 Å². The molecular formula is C26H21FN6O2S. The smallest absolute Gasteiger partial charge is 0.259 e. The third kappa shape index (κ3) is 3.35. The number of carbonyl (C=O) groups is 2. The molecule has 5 rings (SSSR count). The van der Waals surface area contributed by atoms with Crippen molar-refractivity contribution in [3.8, 4) is 17.2 Å². The highest BCUT2D eigenvalue weighted by atomic mass is 32.1. The van der Waals surface area contributed by atoms with E-state index in [1.165, 1.54) is 23.4 Å². The third-order valence-corrected chi connectivity index (χ3v) is 7.21. The summed E-state index contributed by atoms with van der Waals surface area (Å²) in [6, 6.07) is 10.0.